The van der Waals surface area contributed by atoms with Gasteiger partial charge in [0.1, 0.15) is 0 Å². The van der Waals surface area contributed by atoms with Crippen LogP contribution in [0.2, 0.25) is 0 Å². The van der Waals surface area contributed by atoms with Crippen molar-refractivity contribution in [3.63, 3.8) is 0 Å². The Labute approximate surface area is 124 Å². The summed E-state index contributed by atoms with van der Waals surface area (Å²) >= 11 is 0. The van der Waals surface area contributed by atoms with Crippen molar-refractivity contribution in [2.75, 3.05) is 18.0 Å². The third-order valence-electron chi connectivity index (χ3n) is 4.28. The maximum atomic E-state index is 3.77. The summed E-state index contributed by atoms with van der Waals surface area (Å²) in [4.78, 5) is 2.60. The molecule has 0 saturated carbocycles. The molecular weight excluding hydrogens is 244 g/mol. The molecule has 0 aromatic heterocycles. The first-order chi connectivity index (χ1) is 9.21. The largest absolute Gasteiger partial charge is 0.365 e. The van der Waals surface area contributed by atoms with Gasteiger partial charge in [-0.25, -0.2) is 0 Å². The van der Waals surface area contributed by atoms with Gasteiger partial charge in [-0.05, 0) is 23.0 Å². The van der Waals surface area contributed by atoms with E-state index in [2.05, 4.69) is 82.1 Å². The fraction of sp³-hybridized carbons (Fsp3) is 0.667. The first-order valence-electron chi connectivity index (χ1n) is 7.76. The molecule has 1 heterocycles. The molecule has 2 unspecified atom stereocenters. The van der Waals surface area contributed by atoms with E-state index in [1.165, 1.54) is 5.69 Å². The number of nitrogens with one attached hydrogen (secondary N) is 1. The van der Waals surface area contributed by atoms with Crippen molar-refractivity contribution in [2.24, 2.45) is 10.8 Å². The monoisotopic (exact) mass is 274 g/mol. The summed E-state index contributed by atoms with van der Waals surface area (Å²) in [6, 6.07) is 11.9. The summed E-state index contributed by atoms with van der Waals surface area (Å²) in [5.74, 6) is 0. The van der Waals surface area contributed by atoms with E-state index in [4.69, 9.17) is 0 Å². The van der Waals surface area contributed by atoms with Gasteiger partial charge in [0.05, 0.1) is 0 Å². The maximum absolute atomic E-state index is 3.77. The predicted molar refractivity (Wildman–Crippen MR) is 88.3 cm³/mol. The number of piperazine rings is 1. The molecule has 1 aromatic carbocycles. The summed E-state index contributed by atoms with van der Waals surface area (Å²) in [5.41, 5.74) is 1.84. The molecule has 2 rings (SSSR count). The van der Waals surface area contributed by atoms with Gasteiger partial charge in [0.2, 0.25) is 0 Å². The second-order valence-corrected chi connectivity index (χ2v) is 8.14. The zero-order valence-electron chi connectivity index (χ0n) is 13.9. The molecule has 1 fully saturated rings. The van der Waals surface area contributed by atoms with E-state index in [-0.39, 0.29) is 10.8 Å². The molecule has 1 N–H and O–H groups in total. The quantitative estimate of drug-likeness (QED) is 0.835. The van der Waals surface area contributed by atoms with Gasteiger partial charge in [0, 0.05) is 30.9 Å². The minimum Gasteiger partial charge on any atom is -0.365 e. The van der Waals surface area contributed by atoms with Crippen molar-refractivity contribution in [3.05, 3.63) is 30.3 Å². The van der Waals surface area contributed by atoms with Crippen LogP contribution in [0.3, 0.4) is 0 Å². The van der Waals surface area contributed by atoms with Crippen molar-refractivity contribution in [2.45, 2.75) is 53.6 Å². The molecule has 1 aliphatic heterocycles. The fourth-order valence-corrected chi connectivity index (χ4v) is 3.43. The van der Waals surface area contributed by atoms with Crippen LogP contribution in [-0.2, 0) is 0 Å². The number of nitrogens with zero attached hydrogens (tertiary/aromatic N) is 1. The molecule has 1 aliphatic rings. The van der Waals surface area contributed by atoms with Crippen molar-refractivity contribution in [1.29, 1.82) is 0 Å². The molecule has 2 atom stereocenters. The standard InChI is InChI=1S/C18H30N2/c1-17(2,3)15-16(18(4,5)6)20(13-12-19-15)14-10-8-7-9-11-14/h7-11,15-16,19H,12-13H2,1-6H3. The highest BCUT2D eigenvalue weighted by atomic mass is 15.3. The SMILES string of the molecule is CC(C)(C)C1NCCN(c2ccccc2)C1C(C)(C)C. The molecule has 1 saturated heterocycles. The maximum Gasteiger partial charge on any atom is 0.0497 e. The summed E-state index contributed by atoms with van der Waals surface area (Å²) in [7, 11) is 0. The molecular formula is C18H30N2. The van der Waals surface area contributed by atoms with E-state index in [9.17, 15) is 0 Å². The Morgan fingerprint density at radius 3 is 2.05 bits per heavy atom. The summed E-state index contributed by atoms with van der Waals surface area (Å²) < 4.78 is 0. The second kappa shape index (κ2) is 5.40. The number of hydrogen-bond acceptors (Lipinski definition) is 2. The molecule has 2 nitrogen and oxygen atoms in total. The van der Waals surface area contributed by atoms with Gasteiger partial charge in [-0.2, -0.15) is 0 Å². The second-order valence-electron chi connectivity index (χ2n) is 8.14. The van der Waals surface area contributed by atoms with Crippen molar-refractivity contribution in [3.8, 4) is 0 Å². The van der Waals surface area contributed by atoms with E-state index in [1.54, 1.807) is 0 Å². The molecule has 112 valence electrons. The minimum atomic E-state index is 0.237. The molecule has 2 heteroatoms. The lowest BCUT2D eigenvalue weighted by Crippen LogP contribution is -2.66. The molecule has 0 aliphatic carbocycles. The summed E-state index contributed by atoms with van der Waals surface area (Å²) in [5, 5.41) is 3.77. The average Bonchev–Trinajstić information content (AvgIpc) is 2.37. The Balaban J connectivity index is 2.40. The topological polar surface area (TPSA) is 15.3 Å². The number of para-hydroxylation sites is 1. The smallest absolute Gasteiger partial charge is 0.0497 e. The summed E-state index contributed by atoms with van der Waals surface area (Å²) in [6.45, 7) is 16.3. The van der Waals surface area contributed by atoms with Crippen LogP contribution >= 0.6 is 0 Å². The zero-order chi connectivity index (χ0) is 15.0. The van der Waals surface area contributed by atoms with E-state index in [0.29, 0.717) is 12.1 Å². The van der Waals surface area contributed by atoms with Crippen molar-refractivity contribution < 1.29 is 0 Å². The summed E-state index contributed by atoms with van der Waals surface area (Å²) in [6.07, 6.45) is 0. The highest BCUT2D eigenvalue weighted by molar-refractivity contribution is 5.49. The van der Waals surface area contributed by atoms with E-state index < -0.39 is 0 Å². The molecule has 1 aromatic rings. The Hall–Kier alpha value is -1.02. The first-order valence-corrected chi connectivity index (χ1v) is 7.76. The van der Waals surface area contributed by atoms with Crippen molar-refractivity contribution in [1.82, 2.24) is 5.32 Å². The Morgan fingerprint density at radius 2 is 1.55 bits per heavy atom. The third kappa shape index (κ3) is 3.17. The van der Waals surface area contributed by atoms with Crippen LogP contribution in [0.5, 0.6) is 0 Å². The van der Waals surface area contributed by atoms with Crippen LogP contribution in [-0.4, -0.2) is 25.2 Å². The number of rotatable bonds is 1. The van der Waals surface area contributed by atoms with Gasteiger partial charge in [0.25, 0.3) is 0 Å². The number of benzene rings is 1. The Kier molecular flexibility index (Phi) is 4.15. The Morgan fingerprint density at radius 1 is 0.950 bits per heavy atom. The zero-order valence-corrected chi connectivity index (χ0v) is 13.9. The van der Waals surface area contributed by atoms with Crippen LogP contribution in [0.15, 0.2) is 30.3 Å². The van der Waals surface area contributed by atoms with Gasteiger partial charge in [-0.3, -0.25) is 0 Å². The van der Waals surface area contributed by atoms with Gasteiger partial charge in [0.15, 0.2) is 0 Å². The molecule has 0 amide bonds. The molecule has 0 radical (unpaired) electrons. The van der Waals surface area contributed by atoms with Gasteiger partial charge < -0.3 is 10.2 Å². The van der Waals surface area contributed by atoms with Gasteiger partial charge >= 0.3 is 0 Å². The molecule has 20 heavy (non-hydrogen) atoms. The van der Waals surface area contributed by atoms with Crippen LogP contribution in [0.1, 0.15) is 41.5 Å². The lowest BCUT2D eigenvalue weighted by atomic mass is 9.71. The molecule has 0 spiro atoms. The lowest BCUT2D eigenvalue weighted by molar-refractivity contribution is 0.134. The van der Waals surface area contributed by atoms with Crippen LogP contribution in [0, 0.1) is 10.8 Å². The third-order valence-corrected chi connectivity index (χ3v) is 4.28. The Bertz CT molecular complexity index is 425. The van der Waals surface area contributed by atoms with Crippen LogP contribution in [0.4, 0.5) is 5.69 Å². The lowest BCUT2D eigenvalue weighted by Gasteiger charge is -2.53. The van der Waals surface area contributed by atoms with E-state index >= 15 is 0 Å². The first kappa shape index (κ1) is 15.4. The number of hydrogen-bond donors (Lipinski definition) is 1. The average molecular weight is 274 g/mol. The van der Waals surface area contributed by atoms with Crippen LogP contribution in [0.25, 0.3) is 0 Å². The molecule has 0 bridgehead atoms. The highest BCUT2D eigenvalue weighted by Crippen LogP contribution is 2.38. The normalized spacial score (nSPS) is 24.8. The van der Waals surface area contributed by atoms with E-state index in [1.807, 2.05) is 0 Å². The van der Waals surface area contributed by atoms with E-state index in [0.717, 1.165) is 13.1 Å². The fourth-order valence-electron chi connectivity index (χ4n) is 3.43. The van der Waals surface area contributed by atoms with Crippen molar-refractivity contribution >= 4 is 5.69 Å². The highest BCUT2D eigenvalue weighted by Gasteiger charge is 2.44. The predicted octanol–water partition coefficient (Wildman–Crippen LogP) is 3.93. The van der Waals surface area contributed by atoms with Gasteiger partial charge in [-0.15, -0.1) is 0 Å². The number of anilines is 1. The minimum absolute atomic E-state index is 0.237. The van der Waals surface area contributed by atoms with Gasteiger partial charge in [-0.1, -0.05) is 59.7 Å². The van der Waals surface area contributed by atoms with Crippen LogP contribution < -0.4 is 10.2 Å².